The standard InChI is InChI=1S/C10H11F3N2O2/c1-6(9(16)17)5-15-8-7(10(11,12)13)3-2-4-14-8/h2-4,6H,5H2,1H3,(H,14,15)(H,16,17). The minimum atomic E-state index is -4.51. The molecule has 0 fully saturated rings. The smallest absolute Gasteiger partial charge is 0.419 e. The topological polar surface area (TPSA) is 62.2 Å². The summed E-state index contributed by atoms with van der Waals surface area (Å²) in [6.07, 6.45) is -3.30. The van der Waals surface area contributed by atoms with E-state index in [1.807, 2.05) is 0 Å². The predicted molar refractivity (Wildman–Crippen MR) is 54.5 cm³/mol. The molecule has 0 radical (unpaired) electrons. The molecule has 1 rings (SSSR count). The van der Waals surface area contributed by atoms with Crippen molar-refractivity contribution in [3.05, 3.63) is 23.9 Å². The van der Waals surface area contributed by atoms with Gasteiger partial charge in [0.2, 0.25) is 0 Å². The van der Waals surface area contributed by atoms with Crippen LogP contribution < -0.4 is 5.32 Å². The van der Waals surface area contributed by atoms with Crippen molar-refractivity contribution in [2.75, 3.05) is 11.9 Å². The quantitative estimate of drug-likeness (QED) is 0.857. The monoisotopic (exact) mass is 248 g/mol. The lowest BCUT2D eigenvalue weighted by molar-refractivity contribution is -0.140. The van der Waals surface area contributed by atoms with Crippen molar-refractivity contribution in [1.29, 1.82) is 0 Å². The summed E-state index contributed by atoms with van der Waals surface area (Å²) >= 11 is 0. The van der Waals surface area contributed by atoms with E-state index < -0.39 is 23.6 Å². The van der Waals surface area contributed by atoms with Crippen molar-refractivity contribution in [2.45, 2.75) is 13.1 Å². The third-order valence-corrected chi connectivity index (χ3v) is 2.11. The lowest BCUT2D eigenvalue weighted by Gasteiger charge is -2.14. The van der Waals surface area contributed by atoms with Gasteiger partial charge < -0.3 is 10.4 Å². The molecule has 0 aliphatic carbocycles. The number of aromatic nitrogens is 1. The van der Waals surface area contributed by atoms with Gasteiger partial charge in [0.1, 0.15) is 5.82 Å². The van der Waals surface area contributed by atoms with Gasteiger partial charge in [-0.05, 0) is 12.1 Å². The minimum Gasteiger partial charge on any atom is -0.481 e. The van der Waals surface area contributed by atoms with Gasteiger partial charge in [0.25, 0.3) is 0 Å². The molecule has 0 saturated carbocycles. The van der Waals surface area contributed by atoms with Crippen molar-refractivity contribution >= 4 is 11.8 Å². The van der Waals surface area contributed by atoms with Crippen LogP contribution in [0.2, 0.25) is 0 Å². The van der Waals surface area contributed by atoms with Crippen LogP contribution in [0.5, 0.6) is 0 Å². The number of hydrogen-bond donors (Lipinski definition) is 2. The number of pyridine rings is 1. The summed E-state index contributed by atoms with van der Waals surface area (Å²) < 4.78 is 37.6. The molecule has 94 valence electrons. The van der Waals surface area contributed by atoms with Crippen LogP contribution in [-0.4, -0.2) is 22.6 Å². The lowest BCUT2D eigenvalue weighted by atomic mass is 10.2. The van der Waals surface area contributed by atoms with E-state index in [1.54, 1.807) is 0 Å². The van der Waals surface area contributed by atoms with Crippen molar-refractivity contribution in [3.8, 4) is 0 Å². The van der Waals surface area contributed by atoms with E-state index in [9.17, 15) is 18.0 Å². The van der Waals surface area contributed by atoms with E-state index in [-0.39, 0.29) is 12.4 Å². The first-order valence-electron chi connectivity index (χ1n) is 4.81. The first kappa shape index (κ1) is 13.3. The van der Waals surface area contributed by atoms with Gasteiger partial charge in [-0.15, -0.1) is 0 Å². The highest BCUT2D eigenvalue weighted by Crippen LogP contribution is 2.33. The van der Waals surface area contributed by atoms with E-state index in [0.29, 0.717) is 0 Å². The van der Waals surface area contributed by atoms with Gasteiger partial charge in [-0.25, -0.2) is 4.98 Å². The van der Waals surface area contributed by atoms with Crippen LogP contribution in [0.15, 0.2) is 18.3 Å². The van der Waals surface area contributed by atoms with Gasteiger partial charge in [0.15, 0.2) is 0 Å². The number of halogens is 3. The molecule has 7 heteroatoms. The highest BCUT2D eigenvalue weighted by Gasteiger charge is 2.34. The molecule has 1 aromatic heterocycles. The van der Waals surface area contributed by atoms with Crippen LogP contribution in [0.4, 0.5) is 19.0 Å². The van der Waals surface area contributed by atoms with Crippen LogP contribution in [0.3, 0.4) is 0 Å². The molecule has 0 aliphatic rings. The number of carbonyl (C=O) groups is 1. The summed E-state index contributed by atoms with van der Waals surface area (Å²) in [6.45, 7) is 1.28. The normalized spacial score (nSPS) is 13.2. The van der Waals surface area contributed by atoms with Crippen LogP contribution >= 0.6 is 0 Å². The Labute approximate surface area is 95.5 Å². The van der Waals surface area contributed by atoms with E-state index in [2.05, 4.69) is 10.3 Å². The number of carboxylic acid groups (broad SMARTS) is 1. The largest absolute Gasteiger partial charge is 0.481 e. The summed E-state index contributed by atoms with van der Waals surface area (Å²) in [5, 5.41) is 11.0. The number of anilines is 1. The average molecular weight is 248 g/mol. The molecule has 0 bridgehead atoms. The van der Waals surface area contributed by atoms with Crippen molar-refractivity contribution in [1.82, 2.24) is 4.98 Å². The zero-order valence-corrected chi connectivity index (χ0v) is 8.95. The average Bonchev–Trinajstić information content (AvgIpc) is 2.24. The van der Waals surface area contributed by atoms with Gasteiger partial charge in [0.05, 0.1) is 11.5 Å². The molecule has 1 atom stereocenters. The molecular weight excluding hydrogens is 237 g/mol. The molecule has 1 unspecified atom stereocenters. The molecule has 1 aromatic rings. The van der Waals surface area contributed by atoms with E-state index >= 15 is 0 Å². The predicted octanol–water partition coefficient (Wildman–Crippen LogP) is 2.23. The summed E-state index contributed by atoms with van der Waals surface area (Å²) in [7, 11) is 0. The number of aliphatic carboxylic acids is 1. The van der Waals surface area contributed by atoms with Gasteiger partial charge in [-0.2, -0.15) is 13.2 Å². The SMILES string of the molecule is CC(CNc1ncccc1C(F)(F)F)C(=O)O. The molecular formula is C10H11F3N2O2. The van der Waals surface area contributed by atoms with Crippen molar-refractivity contribution < 1.29 is 23.1 Å². The maximum Gasteiger partial charge on any atom is 0.419 e. The zero-order valence-electron chi connectivity index (χ0n) is 8.95. The Hall–Kier alpha value is -1.79. The molecule has 4 nitrogen and oxygen atoms in total. The van der Waals surface area contributed by atoms with Gasteiger partial charge in [0, 0.05) is 12.7 Å². The first-order valence-corrected chi connectivity index (χ1v) is 4.81. The summed E-state index contributed by atoms with van der Waals surface area (Å²) in [5.74, 6) is -2.23. The van der Waals surface area contributed by atoms with Crippen LogP contribution in [0.1, 0.15) is 12.5 Å². The molecule has 0 aromatic carbocycles. The van der Waals surface area contributed by atoms with Crippen LogP contribution in [0, 0.1) is 5.92 Å². The summed E-state index contributed by atoms with van der Waals surface area (Å²) in [4.78, 5) is 14.1. The Morgan fingerprint density at radius 3 is 2.76 bits per heavy atom. The Morgan fingerprint density at radius 2 is 2.24 bits per heavy atom. The summed E-state index contributed by atoms with van der Waals surface area (Å²) in [5.41, 5.74) is -0.905. The van der Waals surface area contributed by atoms with Crippen molar-refractivity contribution in [3.63, 3.8) is 0 Å². The van der Waals surface area contributed by atoms with Gasteiger partial charge in [-0.1, -0.05) is 6.92 Å². The zero-order chi connectivity index (χ0) is 13.1. The highest BCUT2D eigenvalue weighted by atomic mass is 19.4. The van der Waals surface area contributed by atoms with Crippen molar-refractivity contribution in [2.24, 2.45) is 5.92 Å². The number of carboxylic acids is 1. The van der Waals surface area contributed by atoms with E-state index in [0.717, 1.165) is 6.07 Å². The Balaban J connectivity index is 2.81. The fourth-order valence-electron chi connectivity index (χ4n) is 1.11. The molecule has 0 spiro atoms. The van der Waals surface area contributed by atoms with Crippen LogP contribution in [0.25, 0.3) is 0 Å². The maximum atomic E-state index is 12.5. The Kier molecular flexibility index (Phi) is 3.93. The molecule has 2 N–H and O–H groups in total. The lowest BCUT2D eigenvalue weighted by Crippen LogP contribution is -2.21. The van der Waals surface area contributed by atoms with Crippen LogP contribution in [-0.2, 0) is 11.0 Å². The van der Waals surface area contributed by atoms with E-state index in [1.165, 1.54) is 19.2 Å². The van der Waals surface area contributed by atoms with E-state index in [4.69, 9.17) is 5.11 Å². The Bertz CT molecular complexity index is 407. The maximum absolute atomic E-state index is 12.5. The number of rotatable bonds is 4. The number of nitrogens with one attached hydrogen (secondary N) is 1. The molecule has 1 heterocycles. The Morgan fingerprint density at radius 1 is 1.59 bits per heavy atom. The molecule has 0 saturated heterocycles. The number of alkyl halides is 3. The molecule has 0 amide bonds. The third kappa shape index (κ3) is 3.61. The number of nitrogens with zero attached hydrogens (tertiary/aromatic N) is 1. The fourth-order valence-corrected chi connectivity index (χ4v) is 1.11. The fraction of sp³-hybridized carbons (Fsp3) is 0.400. The second kappa shape index (κ2) is 5.03. The first-order chi connectivity index (χ1) is 7.82. The highest BCUT2D eigenvalue weighted by molar-refractivity contribution is 5.70. The second-order valence-electron chi connectivity index (χ2n) is 3.52. The minimum absolute atomic E-state index is 0.116. The third-order valence-electron chi connectivity index (χ3n) is 2.11. The molecule has 17 heavy (non-hydrogen) atoms. The second-order valence-corrected chi connectivity index (χ2v) is 3.52. The van der Waals surface area contributed by atoms with Gasteiger partial charge in [-0.3, -0.25) is 4.79 Å². The van der Waals surface area contributed by atoms with Gasteiger partial charge >= 0.3 is 12.1 Å². The summed E-state index contributed by atoms with van der Waals surface area (Å²) in [6, 6.07) is 2.06. The molecule has 0 aliphatic heterocycles. The number of hydrogen-bond acceptors (Lipinski definition) is 3.